The monoisotopic (exact) mass is 411 g/mol. The van der Waals surface area contributed by atoms with Crippen LogP contribution in [-0.2, 0) is 16.1 Å². The van der Waals surface area contributed by atoms with E-state index in [0.717, 1.165) is 73.8 Å². The van der Waals surface area contributed by atoms with Crippen molar-refractivity contribution in [3.05, 3.63) is 35.9 Å². The zero-order valence-electron chi connectivity index (χ0n) is 18.2. The topological polar surface area (TPSA) is 58.8 Å². The van der Waals surface area contributed by atoms with Crippen LogP contribution in [0.1, 0.15) is 44.6 Å². The average Bonchev–Trinajstić information content (AvgIpc) is 3.54. The molecule has 1 aliphatic carbocycles. The van der Waals surface area contributed by atoms with E-state index in [1.165, 1.54) is 0 Å². The van der Waals surface area contributed by atoms with Crippen LogP contribution in [0.15, 0.2) is 34.9 Å². The van der Waals surface area contributed by atoms with Gasteiger partial charge in [0.1, 0.15) is 5.69 Å². The number of methoxy groups -OCH3 is 1. The number of anilines is 1. The van der Waals surface area contributed by atoms with Crippen LogP contribution in [0.2, 0.25) is 0 Å². The van der Waals surface area contributed by atoms with Crippen molar-refractivity contribution in [3.8, 4) is 11.3 Å². The maximum Gasteiger partial charge on any atom is 0.232 e. The number of rotatable bonds is 9. The first kappa shape index (κ1) is 20.9. The zero-order chi connectivity index (χ0) is 20.9. The van der Waals surface area contributed by atoms with Gasteiger partial charge in [-0.1, -0.05) is 42.4 Å². The van der Waals surface area contributed by atoms with Crippen molar-refractivity contribution in [1.82, 2.24) is 10.1 Å². The molecule has 0 spiro atoms. The Kier molecular flexibility index (Phi) is 6.72. The van der Waals surface area contributed by atoms with E-state index in [1.54, 1.807) is 7.11 Å². The Morgan fingerprint density at radius 1 is 1.20 bits per heavy atom. The largest absolute Gasteiger partial charge is 0.385 e. The Morgan fingerprint density at radius 2 is 1.93 bits per heavy atom. The highest BCUT2D eigenvalue weighted by Gasteiger charge is 2.35. The molecule has 0 unspecified atom stereocenters. The van der Waals surface area contributed by atoms with Crippen LogP contribution in [0.3, 0.4) is 0 Å². The number of hydrogen-bond acceptors (Lipinski definition) is 5. The molecule has 0 radical (unpaired) electrons. The standard InChI is InChI=1S/C24H33N3O3/c1-18-11-14-26(15-12-18)24-21(22(25-30-24)19-7-4-3-5-8-19)17-27(13-6-16-29-2)23(28)20-9-10-20/h3-5,7-8,18,20H,6,9-17H2,1-2H3. The summed E-state index contributed by atoms with van der Waals surface area (Å²) in [5.74, 6) is 2.01. The molecule has 2 aliphatic rings. The number of ether oxygens (including phenoxy) is 1. The van der Waals surface area contributed by atoms with Gasteiger partial charge in [0.25, 0.3) is 0 Å². The first-order valence-electron chi connectivity index (χ1n) is 11.2. The van der Waals surface area contributed by atoms with Gasteiger partial charge in [-0.15, -0.1) is 0 Å². The first-order valence-corrected chi connectivity index (χ1v) is 11.2. The summed E-state index contributed by atoms with van der Waals surface area (Å²) >= 11 is 0. The lowest BCUT2D eigenvalue weighted by Gasteiger charge is -2.31. The summed E-state index contributed by atoms with van der Waals surface area (Å²) in [5, 5.41) is 4.47. The van der Waals surface area contributed by atoms with Crippen molar-refractivity contribution in [1.29, 1.82) is 0 Å². The quantitative estimate of drug-likeness (QED) is 0.574. The first-order chi connectivity index (χ1) is 14.7. The summed E-state index contributed by atoms with van der Waals surface area (Å²) in [6.45, 7) is 6.13. The Balaban J connectivity index is 1.64. The highest BCUT2D eigenvalue weighted by atomic mass is 16.5. The number of carbonyl (C=O) groups is 1. The van der Waals surface area contributed by atoms with Gasteiger partial charge in [0.05, 0.1) is 12.1 Å². The third-order valence-corrected chi connectivity index (χ3v) is 6.25. The molecule has 6 nitrogen and oxygen atoms in total. The number of aromatic nitrogens is 1. The number of benzene rings is 1. The Morgan fingerprint density at radius 3 is 2.60 bits per heavy atom. The lowest BCUT2D eigenvalue weighted by atomic mass is 9.98. The SMILES string of the molecule is COCCCN(Cc1c(-c2ccccc2)noc1N1CCC(C)CC1)C(=O)C1CC1. The fourth-order valence-electron chi connectivity index (χ4n) is 4.17. The lowest BCUT2D eigenvalue weighted by molar-refractivity contribution is -0.133. The highest BCUT2D eigenvalue weighted by Crippen LogP contribution is 2.36. The fourth-order valence-corrected chi connectivity index (χ4v) is 4.17. The molecule has 1 saturated heterocycles. The molecule has 0 atom stereocenters. The molecular formula is C24H33N3O3. The van der Waals surface area contributed by atoms with Gasteiger partial charge in [-0.05, 0) is 38.0 Å². The minimum Gasteiger partial charge on any atom is -0.385 e. The van der Waals surface area contributed by atoms with E-state index >= 15 is 0 Å². The van der Waals surface area contributed by atoms with Crippen molar-refractivity contribution in [3.63, 3.8) is 0 Å². The number of amides is 1. The Labute approximate surface area is 179 Å². The summed E-state index contributed by atoms with van der Waals surface area (Å²) in [5.41, 5.74) is 2.91. The second-order valence-electron chi connectivity index (χ2n) is 8.73. The second kappa shape index (κ2) is 9.65. The molecule has 2 aromatic rings. The summed E-state index contributed by atoms with van der Waals surface area (Å²) in [7, 11) is 1.70. The third kappa shape index (κ3) is 4.86. The van der Waals surface area contributed by atoms with Gasteiger partial charge >= 0.3 is 0 Å². The number of nitrogens with zero attached hydrogens (tertiary/aromatic N) is 3. The van der Waals surface area contributed by atoms with Gasteiger partial charge < -0.3 is 19.1 Å². The predicted octanol–water partition coefficient (Wildman–Crippen LogP) is 4.35. The molecule has 30 heavy (non-hydrogen) atoms. The van der Waals surface area contributed by atoms with Crippen LogP contribution < -0.4 is 4.90 Å². The van der Waals surface area contributed by atoms with Gasteiger partial charge in [0.15, 0.2) is 0 Å². The van der Waals surface area contributed by atoms with Crippen LogP contribution in [0.5, 0.6) is 0 Å². The predicted molar refractivity (Wildman–Crippen MR) is 117 cm³/mol. The van der Waals surface area contributed by atoms with Gasteiger partial charge in [-0.3, -0.25) is 4.79 Å². The second-order valence-corrected chi connectivity index (χ2v) is 8.73. The van der Waals surface area contributed by atoms with Crippen LogP contribution in [0, 0.1) is 11.8 Å². The minimum absolute atomic E-state index is 0.187. The molecule has 1 saturated carbocycles. The number of carbonyl (C=O) groups excluding carboxylic acids is 1. The van der Waals surface area contributed by atoms with Crippen molar-refractivity contribution in [2.45, 2.75) is 45.6 Å². The highest BCUT2D eigenvalue weighted by molar-refractivity contribution is 5.81. The minimum atomic E-state index is 0.187. The Bertz CT molecular complexity index is 823. The van der Waals surface area contributed by atoms with Crippen LogP contribution >= 0.6 is 0 Å². The number of hydrogen-bond donors (Lipinski definition) is 0. The molecule has 6 heteroatoms. The van der Waals surface area contributed by atoms with E-state index in [0.29, 0.717) is 19.7 Å². The van der Waals surface area contributed by atoms with Gasteiger partial charge in [0.2, 0.25) is 11.8 Å². The van der Waals surface area contributed by atoms with E-state index in [1.807, 2.05) is 23.1 Å². The molecule has 0 bridgehead atoms. The Hall–Kier alpha value is -2.34. The third-order valence-electron chi connectivity index (χ3n) is 6.25. The molecule has 0 N–H and O–H groups in total. The molecule has 2 heterocycles. The van der Waals surface area contributed by atoms with E-state index in [-0.39, 0.29) is 11.8 Å². The van der Waals surface area contributed by atoms with Gasteiger partial charge in [0, 0.05) is 44.8 Å². The molecule has 1 aromatic carbocycles. The maximum atomic E-state index is 13.0. The summed E-state index contributed by atoms with van der Waals surface area (Å²) in [4.78, 5) is 17.3. The van der Waals surface area contributed by atoms with Crippen LogP contribution in [-0.4, -0.2) is 49.3 Å². The smallest absolute Gasteiger partial charge is 0.232 e. The normalized spacial score (nSPS) is 17.3. The van der Waals surface area contributed by atoms with Gasteiger partial charge in [-0.2, -0.15) is 0 Å². The fraction of sp³-hybridized carbons (Fsp3) is 0.583. The summed E-state index contributed by atoms with van der Waals surface area (Å²) in [6, 6.07) is 10.1. The average molecular weight is 412 g/mol. The maximum absolute atomic E-state index is 13.0. The number of piperidine rings is 1. The van der Waals surface area contributed by atoms with Crippen molar-refractivity contribution < 1.29 is 14.1 Å². The molecule has 4 rings (SSSR count). The van der Waals surface area contributed by atoms with Crippen LogP contribution in [0.25, 0.3) is 11.3 Å². The van der Waals surface area contributed by atoms with Crippen LogP contribution in [0.4, 0.5) is 5.88 Å². The van der Waals surface area contributed by atoms with E-state index < -0.39 is 0 Å². The summed E-state index contributed by atoms with van der Waals surface area (Å²) in [6.07, 6.45) is 5.15. The molecule has 2 fully saturated rings. The van der Waals surface area contributed by atoms with E-state index in [2.05, 4.69) is 29.1 Å². The molecule has 1 aromatic heterocycles. The molecule has 1 amide bonds. The molecule has 1 aliphatic heterocycles. The van der Waals surface area contributed by atoms with Crippen molar-refractivity contribution >= 4 is 11.8 Å². The van der Waals surface area contributed by atoms with Crippen molar-refractivity contribution in [2.75, 3.05) is 38.3 Å². The molecule has 162 valence electrons. The zero-order valence-corrected chi connectivity index (χ0v) is 18.2. The van der Waals surface area contributed by atoms with Crippen molar-refractivity contribution in [2.24, 2.45) is 11.8 Å². The molecular weight excluding hydrogens is 378 g/mol. The van der Waals surface area contributed by atoms with E-state index in [4.69, 9.17) is 9.26 Å². The van der Waals surface area contributed by atoms with E-state index in [9.17, 15) is 4.79 Å². The van der Waals surface area contributed by atoms with Gasteiger partial charge in [-0.25, -0.2) is 0 Å². The lowest BCUT2D eigenvalue weighted by Crippen LogP contribution is -2.36. The summed E-state index contributed by atoms with van der Waals surface area (Å²) < 4.78 is 11.1.